The molecule has 1 aromatic heterocycles. The molecule has 1 N–H and O–H groups in total. The molecule has 164 valence electrons. The molecule has 32 heavy (non-hydrogen) atoms. The van der Waals surface area contributed by atoms with E-state index in [0.717, 1.165) is 44.4 Å². The molecular weight excluding hydrogens is 466 g/mol. The number of ether oxygens (including phenoxy) is 1. The van der Waals surface area contributed by atoms with Crippen LogP contribution in [0.3, 0.4) is 0 Å². The molecule has 3 aromatic carbocycles. The number of nitrogens with one attached hydrogen (secondary N) is 1. The topological polar surface area (TPSA) is 56.2 Å². The second-order valence-electron chi connectivity index (χ2n) is 7.81. The molecule has 0 saturated heterocycles. The van der Waals surface area contributed by atoms with Crippen molar-refractivity contribution in [3.63, 3.8) is 0 Å². The summed E-state index contributed by atoms with van der Waals surface area (Å²) in [4.78, 5) is 13.0. The number of carbonyl (C=O) groups is 1. The average Bonchev–Trinajstić information content (AvgIpc) is 3.12. The van der Waals surface area contributed by atoms with E-state index in [2.05, 4.69) is 34.2 Å². The molecule has 0 unspecified atom stereocenters. The highest BCUT2D eigenvalue weighted by atomic mass is 79.9. The summed E-state index contributed by atoms with van der Waals surface area (Å²) in [7, 11) is 1.67. The van der Waals surface area contributed by atoms with Crippen LogP contribution >= 0.6 is 15.9 Å². The first-order valence-electron chi connectivity index (χ1n) is 10.6. The van der Waals surface area contributed by atoms with Crippen molar-refractivity contribution in [3.8, 4) is 5.75 Å². The fraction of sp³-hybridized carbons (Fsp3) is 0.231. The predicted octanol–water partition coefficient (Wildman–Crippen LogP) is 6.05. The number of aromatic nitrogens is 2. The van der Waals surface area contributed by atoms with E-state index in [-0.39, 0.29) is 11.9 Å². The summed E-state index contributed by atoms with van der Waals surface area (Å²) in [5.74, 6) is 0.743. The molecule has 1 heterocycles. The normalized spacial score (nSPS) is 12.0. The summed E-state index contributed by atoms with van der Waals surface area (Å²) in [5, 5.41) is 8.86. The van der Waals surface area contributed by atoms with Crippen molar-refractivity contribution in [1.82, 2.24) is 15.1 Å². The molecule has 0 radical (unpaired) electrons. The lowest BCUT2D eigenvalue weighted by Gasteiger charge is -2.18. The van der Waals surface area contributed by atoms with Gasteiger partial charge in [-0.05, 0) is 66.9 Å². The number of amides is 1. The molecule has 1 atom stereocenters. The zero-order valence-electron chi connectivity index (χ0n) is 18.4. The minimum atomic E-state index is -0.0818. The van der Waals surface area contributed by atoms with E-state index in [4.69, 9.17) is 9.84 Å². The average molecular weight is 492 g/mol. The fourth-order valence-electron chi connectivity index (χ4n) is 3.90. The number of benzene rings is 3. The van der Waals surface area contributed by atoms with Gasteiger partial charge in [-0.15, -0.1) is 0 Å². The number of hydrogen-bond donors (Lipinski definition) is 1. The summed E-state index contributed by atoms with van der Waals surface area (Å²) in [6, 6.07) is 21.8. The molecule has 1 amide bonds. The quantitative estimate of drug-likeness (QED) is 0.342. The van der Waals surface area contributed by atoms with Crippen molar-refractivity contribution in [2.24, 2.45) is 0 Å². The third kappa shape index (κ3) is 4.70. The largest absolute Gasteiger partial charge is 0.497 e. The van der Waals surface area contributed by atoms with Gasteiger partial charge in [0.1, 0.15) is 5.75 Å². The summed E-state index contributed by atoms with van der Waals surface area (Å²) in [6.07, 6.45) is 0.813. The SMILES string of the molecule is CC[C@H](NC(=O)c1ccc2c(c1)c(C)nn2Cc1cccc(OC)c1)c1ccc(Br)cc1. The second-order valence-corrected chi connectivity index (χ2v) is 8.73. The van der Waals surface area contributed by atoms with Crippen LogP contribution in [0.1, 0.15) is 46.6 Å². The molecular formula is C26H26BrN3O2. The van der Waals surface area contributed by atoms with Crippen LogP contribution in [-0.2, 0) is 6.54 Å². The molecule has 0 aliphatic rings. The van der Waals surface area contributed by atoms with Gasteiger partial charge in [0.15, 0.2) is 0 Å². The number of aryl methyl sites for hydroxylation is 1. The van der Waals surface area contributed by atoms with Gasteiger partial charge in [-0.1, -0.05) is 47.1 Å². The molecule has 4 aromatic rings. The number of carbonyl (C=O) groups excluding carboxylic acids is 1. The van der Waals surface area contributed by atoms with Gasteiger partial charge in [-0.25, -0.2) is 0 Å². The smallest absolute Gasteiger partial charge is 0.251 e. The molecule has 4 rings (SSSR count). The Kier molecular flexibility index (Phi) is 6.61. The molecule has 6 heteroatoms. The van der Waals surface area contributed by atoms with E-state index >= 15 is 0 Å². The minimum Gasteiger partial charge on any atom is -0.497 e. The summed E-state index contributed by atoms with van der Waals surface area (Å²) >= 11 is 3.46. The third-order valence-corrected chi connectivity index (χ3v) is 6.18. The van der Waals surface area contributed by atoms with Crippen LogP contribution in [-0.4, -0.2) is 22.8 Å². The Morgan fingerprint density at radius 2 is 1.91 bits per heavy atom. The van der Waals surface area contributed by atoms with E-state index in [1.54, 1.807) is 7.11 Å². The van der Waals surface area contributed by atoms with Crippen LogP contribution in [0, 0.1) is 6.92 Å². The first kappa shape index (κ1) is 22.1. The predicted molar refractivity (Wildman–Crippen MR) is 131 cm³/mol. The van der Waals surface area contributed by atoms with E-state index in [0.29, 0.717) is 12.1 Å². The Hall–Kier alpha value is -3.12. The van der Waals surface area contributed by atoms with Gasteiger partial charge in [0, 0.05) is 15.4 Å². The van der Waals surface area contributed by atoms with Gasteiger partial charge in [0.25, 0.3) is 5.91 Å². The molecule has 5 nitrogen and oxygen atoms in total. The highest BCUT2D eigenvalue weighted by molar-refractivity contribution is 9.10. The molecule has 0 aliphatic heterocycles. The van der Waals surface area contributed by atoms with Gasteiger partial charge < -0.3 is 10.1 Å². The summed E-state index contributed by atoms with van der Waals surface area (Å²) < 4.78 is 8.32. The summed E-state index contributed by atoms with van der Waals surface area (Å²) in [5.41, 5.74) is 4.74. The van der Waals surface area contributed by atoms with Gasteiger partial charge in [-0.2, -0.15) is 5.10 Å². The maximum Gasteiger partial charge on any atom is 0.251 e. The van der Waals surface area contributed by atoms with E-state index < -0.39 is 0 Å². The third-order valence-electron chi connectivity index (χ3n) is 5.65. The minimum absolute atomic E-state index is 0.0387. The lowest BCUT2D eigenvalue weighted by Crippen LogP contribution is -2.28. The Morgan fingerprint density at radius 1 is 1.12 bits per heavy atom. The number of fused-ring (bicyclic) bond motifs is 1. The number of methoxy groups -OCH3 is 1. The monoisotopic (exact) mass is 491 g/mol. The van der Waals surface area contributed by atoms with Crippen LogP contribution in [0.4, 0.5) is 0 Å². The maximum atomic E-state index is 13.0. The van der Waals surface area contributed by atoms with Crippen molar-refractivity contribution >= 4 is 32.7 Å². The van der Waals surface area contributed by atoms with E-state index in [9.17, 15) is 4.79 Å². The molecule has 0 fully saturated rings. The zero-order chi connectivity index (χ0) is 22.7. The van der Waals surface area contributed by atoms with Crippen LogP contribution in [0.25, 0.3) is 10.9 Å². The number of nitrogens with zero attached hydrogens (tertiary/aromatic N) is 2. The van der Waals surface area contributed by atoms with Crippen molar-refractivity contribution in [2.45, 2.75) is 32.9 Å². The highest BCUT2D eigenvalue weighted by Gasteiger charge is 2.16. The fourth-order valence-corrected chi connectivity index (χ4v) is 4.17. The number of rotatable bonds is 7. The Morgan fingerprint density at radius 3 is 2.62 bits per heavy atom. The van der Waals surface area contributed by atoms with Crippen molar-refractivity contribution in [2.75, 3.05) is 7.11 Å². The van der Waals surface area contributed by atoms with Crippen molar-refractivity contribution in [1.29, 1.82) is 0 Å². The van der Waals surface area contributed by atoms with Gasteiger partial charge in [-0.3, -0.25) is 9.48 Å². The number of halogens is 1. The standard InChI is InChI=1S/C26H26BrN3O2/c1-4-24(19-8-11-21(27)12-9-19)28-26(31)20-10-13-25-23(15-20)17(2)29-30(25)16-18-6-5-7-22(14-18)32-3/h5-15,24H,4,16H2,1-3H3,(H,28,31)/t24-/m0/s1. The Balaban J connectivity index is 1.57. The maximum absolute atomic E-state index is 13.0. The first-order valence-corrected chi connectivity index (χ1v) is 11.4. The van der Waals surface area contributed by atoms with Crippen LogP contribution in [0.15, 0.2) is 71.2 Å². The number of hydrogen-bond acceptors (Lipinski definition) is 3. The van der Waals surface area contributed by atoms with Crippen LogP contribution in [0.5, 0.6) is 5.75 Å². The van der Waals surface area contributed by atoms with Gasteiger partial charge in [0.2, 0.25) is 0 Å². The lowest BCUT2D eigenvalue weighted by molar-refractivity contribution is 0.0935. The molecule has 0 saturated carbocycles. The van der Waals surface area contributed by atoms with Crippen LogP contribution in [0.2, 0.25) is 0 Å². The second kappa shape index (κ2) is 9.57. The zero-order valence-corrected chi connectivity index (χ0v) is 20.0. The van der Waals surface area contributed by atoms with E-state index in [1.807, 2.05) is 72.3 Å². The molecule has 0 aliphatic carbocycles. The van der Waals surface area contributed by atoms with Gasteiger partial charge in [0.05, 0.1) is 30.9 Å². The molecule has 0 spiro atoms. The van der Waals surface area contributed by atoms with Crippen molar-refractivity contribution in [3.05, 3.63) is 93.6 Å². The van der Waals surface area contributed by atoms with E-state index in [1.165, 1.54) is 0 Å². The first-order chi connectivity index (χ1) is 15.5. The lowest BCUT2D eigenvalue weighted by atomic mass is 10.0. The summed E-state index contributed by atoms with van der Waals surface area (Å²) in [6.45, 7) is 4.68. The van der Waals surface area contributed by atoms with Crippen LogP contribution < -0.4 is 10.1 Å². The van der Waals surface area contributed by atoms with Gasteiger partial charge >= 0.3 is 0 Å². The molecule has 0 bridgehead atoms. The Labute approximate surface area is 196 Å². The Bertz CT molecular complexity index is 1250. The van der Waals surface area contributed by atoms with Crippen molar-refractivity contribution < 1.29 is 9.53 Å². The highest BCUT2D eigenvalue weighted by Crippen LogP contribution is 2.24.